The van der Waals surface area contributed by atoms with E-state index in [-0.39, 0.29) is 49.0 Å². The first-order chi connectivity index (χ1) is 14.7. The van der Waals surface area contributed by atoms with Crippen LogP contribution in [-0.2, 0) is 25.5 Å². The maximum atomic E-state index is 12.3. The molecule has 0 heterocycles. The topological polar surface area (TPSA) is 129 Å². The number of hydrogen-bond acceptors (Lipinski definition) is 8. The lowest BCUT2D eigenvalue weighted by atomic mass is 10.0. The highest BCUT2D eigenvalue weighted by Gasteiger charge is 2.22. The molecule has 10 nitrogen and oxygen atoms in total. The van der Waals surface area contributed by atoms with Gasteiger partial charge in [-0.1, -0.05) is 19.9 Å². The highest BCUT2D eigenvalue weighted by atomic mass is 16.7. The number of carbonyl (C=O) groups excluding carboxylic acids is 4. The second-order valence-corrected chi connectivity index (χ2v) is 6.81. The molecule has 0 saturated heterocycles. The third-order valence-electron chi connectivity index (χ3n) is 3.94. The zero-order chi connectivity index (χ0) is 23.4. The van der Waals surface area contributed by atoms with Crippen molar-refractivity contribution < 1.29 is 38.1 Å². The Morgan fingerprint density at radius 2 is 1.52 bits per heavy atom. The Kier molecular flexibility index (Phi) is 10.9. The van der Waals surface area contributed by atoms with E-state index < -0.39 is 18.4 Å². The minimum Gasteiger partial charge on any atom is -0.434 e. The summed E-state index contributed by atoms with van der Waals surface area (Å²) in [5.74, 6) is -0.687. The summed E-state index contributed by atoms with van der Waals surface area (Å²) in [7, 11) is 0. The van der Waals surface area contributed by atoms with E-state index in [1.165, 1.54) is 19.1 Å². The summed E-state index contributed by atoms with van der Waals surface area (Å²) in [5, 5.41) is 5.39. The molecule has 31 heavy (non-hydrogen) atoms. The minimum atomic E-state index is -0.947. The van der Waals surface area contributed by atoms with E-state index >= 15 is 0 Å². The van der Waals surface area contributed by atoms with E-state index in [9.17, 15) is 19.2 Å². The normalized spacial score (nSPS) is 11.3. The van der Waals surface area contributed by atoms with Crippen LogP contribution in [0, 0.1) is 5.92 Å². The molecule has 0 aliphatic rings. The second kappa shape index (κ2) is 13.1. The van der Waals surface area contributed by atoms with Crippen LogP contribution in [0.4, 0.5) is 9.59 Å². The van der Waals surface area contributed by atoms with E-state index in [1.54, 1.807) is 19.9 Å². The molecule has 0 aliphatic carbocycles. The third-order valence-corrected chi connectivity index (χ3v) is 3.94. The fourth-order valence-corrected chi connectivity index (χ4v) is 2.54. The highest BCUT2D eigenvalue weighted by molar-refractivity contribution is 5.87. The first-order valence-electron chi connectivity index (χ1n) is 10.0. The zero-order valence-corrected chi connectivity index (χ0v) is 18.5. The Balaban J connectivity index is 2.85. The van der Waals surface area contributed by atoms with E-state index in [0.29, 0.717) is 12.0 Å². The van der Waals surface area contributed by atoms with Gasteiger partial charge in [0.05, 0.1) is 13.2 Å². The van der Waals surface area contributed by atoms with E-state index in [0.717, 1.165) is 0 Å². The number of rotatable bonds is 10. The van der Waals surface area contributed by atoms with Gasteiger partial charge in [-0.2, -0.15) is 0 Å². The average Bonchev–Trinajstić information content (AvgIpc) is 2.68. The fraction of sp³-hybridized carbons (Fsp3) is 0.524. The maximum absolute atomic E-state index is 12.3. The molecule has 0 saturated carbocycles. The maximum Gasteiger partial charge on any atom is 0.513 e. The van der Waals surface area contributed by atoms with Crippen LogP contribution in [0.5, 0.6) is 11.5 Å². The van der Waals surface area contributed by atoms with Crippen molar-refractivity contribution in [3.05, 3.63) is 23.8 Å². The van der Waals surface area contributed by atoms with Crippen LogP contribution in [0.15, 0.2) is 18.2 Å². The molecule has 0 radical (unpaired) electrons. The molecular weight excluding hydrogens is 408 g/mol. The SMILES string of the molecule is CCOC(=O)Oc1ccc(CCNC(=O)[C@@H](NC(C)=O)C(C)C)cc1OC(=O)OCC. The monoisotopic (exact) mass is 438 g/mol. The van der Waals surface area contributed by atoms with Crippen LogP contribution >= 0.6 is 0 Å². The number of amides is 2. The van der Waals surface area contributed by atoms with Crippen molar-refractivity contribution in [2.24, 2.45) is 5.92 Å². The van der Waals surface area contributed by atoms with Crippen LogP contribution in [0.1, 0.15) is 40.2 Å². The summed E-state index contributed by atoms with van der Waals surface area (Å²) < 4.78 is 19.7. The molecule has 0 fully saturated rings. The lowest BCUT2D eigenvalue weighted by molar-refractivity contribution is -0.129. The van der Waals surface area contributed by atoms with Crippen molar-refractivity contribution in [2.75, 3.05) is 19.8 Å². The molecule has 2 N–H and O–H groups in total. The summed E-state index contributed by atoms with van der Waals surface area (Å²) in [6.45, 7) is 8.80. The summed E-state index contributed by atoms with van der Waals surface area (Å²) >= 11 is 0. The first kappa shape index (κ1) is 25.7. The van der Waals surface area contributed by atoms with Gasteiger partial charge in [-0.25, -0.2) is 9.59 Å². The smallest absolute Gasteiger partial charge is 0.434 e. The predicted molar refractivity (Wildman–Crippen MR) is 111 cm³/mol. The molecular formula is C21H30N2O8. The van der Waals surface area contributed by atoms with Gasteiger partial charge < -0.3 is 29.6 Å². The predicted octanol–water partition coefficient (Wildman–Crippen LogP) is 2.58. The zero-order valence-electron chi connectivity index (χ0n) is 18.5. The minimum absolute atomic E-state index is 0.00943. The van der Waals surface area contributed by atoms with Crippen LogP contribution in [-0.4, -0.2) is 49.9 Å². The lowest BCUT2D eigenvalue weighted by Gasteiger charge is -2.21. The third kappa shape index (κ3) is 9.37. The Hall–Kier alpha value is -3.30. The molecule has 172 valence electrons. The van der Waals surface area contributed by atoms with E-state index in [2.05, 4.69) is 10.6 Å². The van der Waals surface area contributed by atoms with Crippen LogP contribution < -0.4 is 20.1 Å². The van der Waals surface area contributed by atoms with Crippen LogP contribution in [0.25, 0.3) is 0 Å². The molecule has 0 spiro atoms. The van der Waals surface area contributed by atoms with Gasteiger partial charge in [0.1, 0.15) is 6.04 Å². The van der Waals surface area contributed by atoms with Gasteiger partial charge in [0.2, 0.25) is 11.8 Å². The Morgan fingerprint density at radius 3 is 2.03 bits per heavy atom. The molecule has 0 aliphatic heterocycles. The number of ether oxygens (including phenoxy) is 4. The molecule has 0 bridgehead atoms. The molecule has 1 rings (SSSR count). The molecule has 1 aromatic carbocycles. The Labute approximate surface area is 181 Å². The Bertz CT molecular complexity index is 779. The summed E-state index contributed by atoms with van der Waals surface area (Å²) in [6.07, 6.45) is -1.49. The average molecular weight is 438 g/mol. The van der Waals surface area contributed by atoms with Crippen molar-refractivity contribution in [3.8, 4) is 11.5 Å². The first-order valence-corrected chi connectivity index (χ1v) is 10.0. The Morgan fingerprint density at radius 1 is 0.935 bits per heavy atom. The van der Waals surface area contributed by atoms with Gasteiger partial charge in [-0.3, -0.25) is 9.59 Å². The molecule has 1 atom stereocenters. The molecule has 2 amide bonds. The molecule has 0 unspecified atom stereocenters. The molecule has 10 heteroatoms. The lowest BCUT2D eigenvalue weighted by Crippen LogP contribution is -2.49. The largest absolute Gasteiger partial charge is 0.513 e. The molecule has 1 aromatic rings. The van der Waals surface area contributed by atoms with E-state index in [4.69, 9.17) is 18.9 Å². The molecule has 0 aromatic heterocycles. The number of carbonyl (C=O) groups is 4. The van der Waals surface area contributed by atoms with Crippen LogP contribution in [0.2, 0.25) is 0 Å². The van der Waals surface area contributed by atoms with Gasteiger partial charge in [-0.05, 0) is 43.9 Å². The van der Waals surface area contributed by atoms with Gasteiger partial charge in [0, 0.05) is 13.5 Å². The summed E-state index contributed by atoms with van der Waals surface area (Å²) in [4.78, 5) is 47.0. The fourth-order valence-electron chi connectivity index (χ4n) is 2.54. The van der Waals surface area contributed by atoms with Crippen molar-refractivity contribution in [2.45, 2.75) is 47.1 Å². The number of hydrogen-bond donors (Lipinski definition) is 2. The standard InChI is InChI=1S/C21H30N2O8/c1-6-28-20(26)30-16-9-8-15(12-17(16)31-21(27)29-7-2)10-11-22-19(25)18(13(3)4)23-14(5)24/h8-9,12-13,18H,6-7,10-11H2,1-5H3,(H,22,25)(H,23,24)/t18-/m0/s1. The van der Waals surface area contributed by atoms with E-state index in [1.807, 2.05) is 13.8 Å². The van der Waals surface area contributed by atoms with Gasteiger partial charge in [0.25, 0.3) is 0 Å². The second-order valence-electron chi connectivity index (χ2n) is 6.81. The van der Waals surface area contributed by atoms with Crippen LogP contribution in [0.3, 0.4) is 0 Å². The van der Waals surface area contributed by atoms with Crippen molar-refractivity contribution in [3.63, 3.8) is 0 Å². The van der Waals surface area contributed by atoms with Gasteiger partial charge in [0.15, 0.2) is 11.5 Å². The summed E-state index contributed by atoms with van der Waals surface area (Å²) in [6, 6.07) is 3.98. The van der Waals surface area contributed by atoms with Gasteiger partial charge >= 0.3 is 12.3 Å². The summed E-state index contributed by atoms with van der Waals surface area (Å²) in [5.41, 5.74) is 0.705. The highest BCUT2D eigenvalue weighted by Crippen LogP contribution is 2.29. The van der Waals surface area contributed by atoms with Crippen molar-refractivity contribution >= 4 is 24.1 Å². The van der Waals surface area contributed by atoms with Crippen molar-refractivity contribution in [1.29, 1.82) is 0 Å². The van der Waals surface area contributed by atoms with Crippen molar-refractivity contribution in [1.82, 2.24) is 10.6 Å². The number of nitrogens with one attached hydrogen (secondary N) is 2. The van der Waals surface area contributed by atoms with Gasteiger partial charge in [-0.15, -0.1) is 0 Å². The number of benzene rings is 1. The quantitative estimate of drug-likeness (QED) is 0.421.